The van der Waals surface area contributed by atoms with Crippen LogP contribution in [-0.2, 0) is 4.84 Å². The molecule has 0 fully saturated rings. The van der Waals surface area contributed by atoms with Gasteiger partial charge >= 0.3 is 0 Å². The van der Waals surface area contributed by atoms with Crippen LogP contribution in [0.5, 0.6) is 0 Å². The Morgan fingerprint density at radius 1 is 1.29 bits per heavy atom. The van der Waals surface area contributed by atoms with E-state index in [2.05, 4.69) is 5.16 Å². The Bertz CT molecular complexity index is 360. The minimum atomic E-state index is -0.787. The largest absolute Gasteiger partial charge is 0.363 e. The normalized spacial score (nSPS) is 19.1. The molecule has 0 radical (unpaired) electrons. The second-order valence-corrected chi connectivity index (χ2v) is 3.63. The first kappa shape index (κ1) is 9.02. The maximum atomic E-state index is 9.75. The third-order valence-electron chi connectivity index (χ3n) is 2.10. The highest BCUT2D eigenvalue weighted by Gasteiger charge is 2.37. The molecule has 0 amide bonds. The summed E-state index contributed by atoms with van der Waals surface area (Å²) in [6.07, 6.45) is 0. The van der Waals surface area contributed by atoms with Gasteiger partial charge in [-0.25, -0.2) is 0 Å². The van der Waals surface area contributed by atoms with Crippen molar-refractivity contribution < 1.29 is 10.0 Å². The monoisotopic (exact) mass is 192 g/mol. The van der Waals surface area contributed by atoms with Crippen LogP contribution < -0.4 is 0 Å². The zero-order chi connectivity index (χ0) is 10.2. The Kier molecular flexibility index (Phi) is 1.93. The molecule has 0 unspecified atom stereocenters. The number of amidine groups is 1. The summed E-state index contributed by atoms with van der Waals surface area (Å²) in [5, 5.41) is 14.6. The van der Waals surface area contributed by atoms with E-state index in [4.69, 9.17) is 4.84 Å². The lowest BCUT2D eigenvalue weighted by Gasteiger charge is -2.24. The van der Waals surface area contributed by atoms with Crippen molar-refractivity contribution in [2.45, 2.75) is 19.6 Å². The SMILES string of the molecule is CC1(C)ON=C(c2ccccc2)N1O. The van der Waals surface area contributed by atoms with Crippen molar-refractivity contribution in [2.24, 2.45) is 5.16 Å². The van der Waals surface area contributed by atoms with E-state index in [9.17, 15) is 5.21 Å². The lowest BCUT2D eigenvalue weighted by Crippen LogP contribution is -2.41. The Hall–Kier alpha value is -1.55. The van der Waals surface area contributed by atoms with Gasteiger partial charge in [0.2, 0.25) is 11.6 Å². The molecule has 4 nitrogen and oxygen atoms in total. The molecule has 1 aliphatic heterocycles. The van der Waals surface area contributed by atoms with Gasteiger partial charge in [0.25, 0.3) is 0 Å². The summed E-state index contributed by atoms with van der Waals surface area (Å²) in [6.45, 7) is 3.48. The fourth-order valence-corrected chi connectivity index (χ4v) is 1.25. The molecule has 0 bridgehead atoms. The average molecular weight is 192 g/mol. The number of rotatable bonds is 1. The molecule has 1 N–H and O–H groups in total. The van der Waals surface area contributed by atoms with Gasteiger partial charge in [-0.2, -0.15) is 5.06 Å². The number of oxime groups is 1. The van der Waals surface area contributed by atoms with E-state index in [1.807, 2.05) is 30.3 Å². The lowest BCUT2D eigenvalue weighted by molar-refractivity contribution is -0.193. The van der Waals surface area contributed by atoms with Gasteiger partial charge in [-0.1, -0.05) is 35.5 Å². The molecular weight excluding hydrogens is 180 g/mol. The highest BCUT2D eigenvalue weighted by atomic mass is 16.7. The molecule has 0 saturated carbocycles. The van der Waals surface area contributed by atoms with Gasteiger partial charge in [0, 0.05) is 5.56 Å². The van der Waals surface area contributed by atoms with E-state index in [0.29, 0.717) is 5.84 Å². The summed E-state index contributed by atoms with van der Waals surface area (Å²) in [5.41, 5.74) is 0.0473. The van der Waals surface area contributed by atoms with E-state index in [1.54, 1.807) is 13.8 Å². The molecule has 2 rings (SSSR count). The molecule has 4 heteroatoms. The van der Waals surface area contributed by atoms with Crippen molar-refractivity contribution in [3.05, 3.63) is 35.9 Å². The minimum Gasteiger partial charge on any atom is -0.363 e. The van der Waals surface area contributed by atoms with Crippen molar-refractivity contribution >= 4 is 5.84 Å². The molecule has 1 aliphatic rings. The average Bonchev–Trinajstić information content (AvgIpc) is 2.44. The van der Waals surface area contributed by atoms with Crippen molar-refractivity contribution in [3.8, 4) is 0 Å². The standard InChI is InChI=1S/C10H12N2O2/c1-10(2)12(13)9(11-14-10)8-6-4-3-5-7-8/h3-7,13H,1-2H3. The van der Waals surface area contributed by atoms with E-state index < -0.39 is 5.72 Å². The van der Waals surface area contributed by atoms with Crippen molar-refractivity contribution in [1.29, 1.82) is 0 Å². The topological polar surface area (TPSA) is 45.1 Å². The molecule has 0 aromatic heterocycles. The highest BCUT2D eigenvalue weighted by molar-refractivity contribution is 5.98. The molecule has 1 heterocycles. The first-order valence-corrected chi connectivity index (χ1v) is 4.42. The quantitative estimate of drug-likeness (QED) is 0.738. The number of hydrogen-bond acceptors (Lipinski definition) is 4. The van der Waals surface area contributed by atoms with E-state index in [1.165, 1.54) is 0 Å². The molecule has 74 valence electrons. The second-order valence-electron chi connectivity index (χ2n) is 3.63. The number of hydrogen-bond donors (Lipinski definition) is 1. The summed E-state index contributed by atoms with van der Waals surface area (Å²) in [7, 11) is 0. The zero-order valence-corrected chi connectivity index (χ0v) is 8.14. The van der Waals surface area contributed by atoms with Gasteiger partial charge < -0.3 is 4.84 Å². The molecule has 1 aromatic carbocycles. The third-order valence-corrected chi connectivity index (χ3v) is 2.10. The maximum absolute atomic E-state index is 9.75. The Morgan fingerprint density at radius 2 is 1.93 bits per heavy atom. The Labute approximate surface area is 82.4 Å². The van der Waals surface area contributed by atoms with Crippen LogP contribution >= 0.6 is 0 Å². The van der Waals surface area contributed by atoms with E-state index in [0.717, 1.165) is 10.6 Å². The van der Waals surface area contributed by atoms with Gasteiger partial charge in [0.05, 0.1) is 0 Å². The van der Waals surface area contributed by atoms with Crippen LogP contribution in [0.4, 0.5) is 0 Å². The summed E-state index contributed by atoms with van der Waals surface area (Å²) in [6, 6.07) is 9.42. The van der Waals surface area contributed by atoms with Crippen LogP contribution in [0.2, 0.25) is 0 Å². The minimum absolute atomic E-state index is 0.440. The Morgan fingerprint density at radius 3 is 2.43 bits per heavy atom. The van der Waals surface area contributed by atoms with Crippen molar-refractivity contribution in [2.75, 3.05) is 0 Å². The van der Waals surface area contributed by atoms with Crippen LogP contribution in [0.25, 0.3) is 0 Å². The van der Waals surface area contributed by atoms with Gasteiger partial charge in [-0.05, 0) is 13.8 Å². The van der Waals surface area contributed by atoms with Crippen LogP contribution in [0, 0.1) is 0 Å². The zero-order valence-electron chi connectivity index (χ0n) is 8.14. The molecule has 0 aliphatic carbocycles. The smallest absolute Gasteiger partial charge is 0.228 e. The van der Waals surface area contributed by atoms with Crippen molar-refractivity contribution in [1.82, 2.24) is 5.06 Å². The molecule has 0 saturated heterocycles. The molecule has 14 heavy (non-hydrogen) atoms. The lowest BCUT2D eigenvalue weighted by atomic mass is 10.2. The summed E-state index contributed by atoms with van der Waals surface area (Å²) in [5.74, 6) is 0.440. The third kappa shape index (κ3) is 1.33. The number of hydroxylamine groups is 2. The molecule has 1 aromatic rings. The van der Waals surface area contributed by atoms with Gasteiger partial charge in [-0.15, -0.1) is 0 Å². The first-order valence-electron chi connectivity index (χ1n) is 4.42. The predicted octanol–water partition coefficient (Wildman–Crippen LogP) is 1.81. The highest BCUT2D eigenvalue weighted by Crippen LogP contribution is 2.24. The molecule has 0 atom stereocenters. The van der Waals surface area contributed by atoms with Crippen LogP contribution in [0.15, 0.2) is 35.5 Å². The fraction of sp³-hybridized carbons (Fsp3) is 0.300. The molecular formula is C10H12N2O2. The van der Waals surface area contributed by atoms with E-state index >= 15 is 0 Å². The van der Waals surface area contributed by atoms with Gasteiger partial charge in [0.15, 0.2) is 0 Å². The van der Waals surface area contributed by atoms with Crippen LogP contribution in [-0.4, -0.2) is 21.8 Å². The summed E-state index contributed by atoms with van der Waals surface area (Å²) in [4.78, 5) is 5.08. The number of benzene rings is 1. The Balaban J connectivity index is 2.31. The van der Waals surface area contributed by atoms with Crippen LogP contribution in [0.1, 0.15) is 19.4 Å². The fourth-order valence-electron chi connectivity index (χ4n) is 1.25. The summed E-state index contributed by atoms with van der Waals surface area (Å²) < 4.78 is 0. The van der Waals surface area contributed by atoms with Gasteiger partial charge in [0.1, 0.15) is 0 Å². The second kappa shape index (κ2) is 2.99. The predicted molar refractivity (Wildman–Crippen MR) is 51.8 cm³/mol. The maximum Gasteiger partial charge on any atom is 0.228 e. The van der Waals surface area contributed by atoms with E-state index in [-0.39, 0.29) is 0 Å². The number of nitrogens with zero attached hydrogens (tertiary/aromatic N) is 2. The summed E-state index contributed by atoms with van der Waals surface area (Å²) >= 11 is 0. The first-order chi connectivity index (χ1) is 6.61. The van der Waals surface area contributed by atoms with Gasteiger partial charge in [-0.3, -0.25) is 5.21 Å². The van der Waals surface area contributed by atoms with Crippen molar-refractivity contribution in [3.63, 3.8) is 0 Å². The van der Waals surface area contributed by atoms with Crippen LogP contribution in [0.3, 0.4) is 0 Å². The molecule has 0 spiro atoms.